The molecule has 30 heavy (non-hydrogen) atoms. The fraction of sp³-hybridized carbons (Fsp3) is 0.182. The standard InChI is InChI=1S/C22H21Cl2N3O3/c23-19-13-18(27(28)29)7-8-21(19)26-11-10-25-14-17-6-9-22(20(24)12-17)30-15-16-4-2-1-3-5-16/h1-9,12-13,25-26H,10-11,14-15H2. The lowest BCUT2D eigenvalue weighted by molar-refractivity contribution is -0.384. The zero-order valence-electron chi connectivity index (χ0n) is 16.1. The number of nitro benzene ring substituents is 1. The molecule has 0 bridgehead atoms. The first-order valence-corrected chi connectivity index (χ1v) is 10.1. The average molecular weight is 446 g/mol. The Morgan fingerprint density at radius 1 is 0.900 bits per heavy atom. The Morgan fingerprint density at radius 3 is 2.40 bits per heavy atom. The predicted molar refractivity (Wildman–Crippen MR) is 121 cm³/mol. The molecular weight excluding hydrogens is 425 g/mol. The quantitative estimate of drug-likeness (QED) is 0.238. The van der Waals surface area contributed by atoms with E-state index in [0.717, 1.165) is 11.1 Å². The number of anilines is 1. The van der Waals surface area contributed by atoms with Crippen molar-refractivity contribution in [3.8, 4) is 5.75 Å². The van der Waals surface area contributed by atoms with Gasteiger partial charge in [-0.1, -0.05) is 59.6 Å². The second kappa shape index (κ2) is 10.8. The highest BCUT2D eigenvalue weighted by Gasteiger charge is 2.09. The molecule has 3 aromatic carbocycles. The van der Waals surface area contributed by atoms with E-state index in [4.69, 9.17) is 27.9 Å². The first-order chi connectivity index (χ1) is 14.5. The lowest BCUT2D eigenvalue weighted by Gasteiger charge is -2.11. The van der Waals surface area contributed by atoms with E-state index in [0.29, 0.717) is 47.7 Å². The maximum absolute atomic E-state index is 10.7. The number of benzene rings is 3. The minimum Gasteiger partial charge on any atom is -0.487 e. The number of halogens is 2. The maximum Gasteiger partial charge on any atom is 0.271 e. The number of non-ortho nitro benzene ring substituents is 1. The van der Waals surface area contributed by atoms with Crippen LogP contribution in [-0.2, 0) is 13.2 Å². The molecule has 0 fully saturated rings. The molecule has 0 unspecified atom stereocenters. The van der Waals surface area contributed by atoms with Crippen LogP contribution in [0.25, 0.3) is 0 Å². The molecular formula is C22H21Cl2N3O3. The summed E-state index contributed by atoms with van der Waals surface area (Å²) in [6, 6.07) is 20.0. The van der Waals surface area contributed by atoms with Gasteiger partial charge in [-0.2, -0.15) is 0 Å². The van der Waals surface area contributed by atoms with E-state index >= 15 is 0 Å². The second-order valence-electron chi connectivity index (χ2n) is 6.56. The van der Waals surface area contributed by atoms with Crippen LogP contribution in [0.3, 0.4) is 0 Å². The summed E-state index contributed by atoms with van der Waals surface area (Å²) in [5.74, 6) is 0.652. The smallest absolute Gasteiger partial charge is 0.271 e. The Bertz CT molecular complexity index is 1000. The van der Waals surface area contributed by atoms with Gasteiger partial charge in [0.1, 0.15) is 12.4 Å². The van der Waals surface area contributed by atoms with E-state index in [2.05, 4.69) is 10.6 Å². The molecule has 0 aromatic heterocycles. The van der Waals surface area contributed by atoms with Crippen LogP contribution < -0.4 is 15.4 Å². The van der Waals surface area contributed by atoms with Crippen molar-refractivity contribution in [1.29, 1.82) is 0 Å². The Hall–Kier alpha value is -2.80. The fourth-order valence-corrected chi connectivity index (χ4v) is 3.29. The minimum atomic E-state index is -0.472. The third kappa shape index (κ3) is 6.35. The average Bonchev–Trinajstić information content (AvgIpc) is 2.74. The van der Waals surface area contributed by atoms with Crippen molar-refractivity contribution in [2.24, 2.45) is 0 Å². The van der Waals surface area contributed by atoms with Gasteiger partial charge in [0, 0.05) is 31.8 Å². The summed E-state index contributed by atoms with van der Waals surface area (Å²) in [5.41, 5.74) is 2.75. The summed E-state index contributed by atoms with van der Waals surface area (Å²) < 4.78 is 5.79. The fourth-order valence-electron chi connectivity index (χ4n) is 2.79. The van der Waals surface area contributed by atoms with Crippen molar-refractivity contribution in [2.45, 2.75) is 13.2 Å². The zero-order valence-corrected chi connectivity index (χ0v) is 17.6. The SMILES string of the molecule is O=[N+]([O-])c1ccc(NCCNCc2ccc(OCc3ccccc3)c(Cl)c2)c(Cl)c1. The maximum atomic E-state index is 10.7. The van der Waals surface area contributed by atoms with Gasteiger partial charge in [-0.25, -0.2) is 0 Å². The van der Waals surface area contributed by atoms with E-state index < -0.39 is 4.92 Å². The predicted octanol–water partition coefficient (Wildman–Crippen LogP) is 5.68. The van der Waals surface area contributed by atoms with Crippen LogP contribution in [0.5, 0.6) is 5.75 Å². The zero-order chi connectivity index (χ0) is 21.3. The van der Waals surface area contributed by atoms with Crippen LogP contribution in [0.4, 0.5) is 11.4 Å². The van der Waals surface area contributed by atoms with Crippen molar-refractivity contribution in [3.05, 3.63) is 98.0 Å². The Kier molecular flexibility index (Phi) is 7.90. The Labute approximate surface area is 184 Å². The number of ether oxygens (including phenoxy) is 1. The molecule has 0 aliphatic heterocycles. The van der Waals surface area contributed by atoms with Gasteiger partial charge in [-0.05, 0) is 29.3 Å². The van der Waals surface area contributed by atoms with Crippen LogP contribution in [0.2, 0.25) is 10.0 Å². The number of hydrogen-bond acceptors (Lipinski definition) is 5. The topological polar surface area (TPSA) is 76.4 Å². The number of nitrogens with one attached hydrogen (secondary N) is 2. The summed E-state index contributed by atoms with van der Waals surface area (Å²) in [4.78, 5) is 10.3. The molecule has 0 heterocycles. The molecule has 6 nitrogen and oxygen atoms in total. The van der Waals surface area contributed by atoms with E-state index in [1.807, 2.05) is 48.5 Å². The summed E-state index contributed by atoms with van der Waals surface area (Å²) >= 11 is 12.4. The normalized spacial score (nSPS) is 10.6. The molecule has 0 atom stereocenters. The molecule has 2 N–H and O–H groups in total. The number of hydrogen-bond donors (Lipinski definition) is 2. The van der Waals surface area contributed by atoms with Gasteiger partial charge in [-0.3, -0.25) is 10.1 Å². The van der Waals surface area contributed by atoms with Crippen molar-refractivity contribution in [1.82, 2.24) is 5.32 Å². The van der Waals surface area contributed by atoms with Crippen molar-refractivity contribution >= 4 is 34.6 Å². The largest absolute Gasteiger partial charge is 0.487 e. The molecule has 8 heteroatoms. The lowest BCUT2D eigenvalue weighted by Crippen LogP contribution is -2.21. The molecule has 3 rings (SSSR count). The minimum absolute atomic E-state index is 0.0308. The summed E-state index contributed by atoms with van der Waals surface area (Å²) in [7, 11) is 0. The van der Waals surface area contributed by atoms with Gasteiger partial charge in [0.05, 0.1) is 20.7 Å². The molecule has 0 radical (unpaired) electrons. The summed E-state index contributed by atoms with van der Waals surface area (Å²) in [6.45, 7) is 2.41. The van der Waals surface area contributed by atoms with Gasteiger partial charge in [0.2, 0.25) is 0 Å². The van der Waals surface area contributed by atoms with Crippen LogP contribution >= 0.6 is 23.2 Å². The molecule has 0 aliphatic rings. The van der Waals surface area contributed by atoms with Crippen LogP contribution in [-0.4, -0.2) is 18.0 Å². The monoisotopic (exact) mass is 445 g/mol. The van der Waals surface area contributed by atoms with Crippen LogP contribution in [0.15, 0.2) is 66.7 Å². The van der Waals surface area contributed by atoms with Gasteiger partial charge < -0.3 is 15.4 Å². The van der Waals surface area contributed by atoms with E-state index in [1.54, 1.807) is 6.07 Å². The highest BCUT2D eigenvalue weighted by molar-refractivity contribution is 6.33. The van der Waals surface area contributed by atoms with Crippen LogP contribution in [0, 0.1) is 10.1 Å². The molecule has 0 amide bonds. The first kappa shape index (κ1) is 21.9. The van der Waals surface area contributed by atoms with Crippen molar-refractivity contribution in [3.63, 3.8) is 0 Å². The molecule has 0 saturated carbocycles. The highest BCUT2D eigenvalue weighted by Crippen LogP contribution is 2.27. The van der Waals surface area contributed by atoms with Gasteiger partial charge >= 0.3 is 0 Å². The first-order valence-electron chi connectivity index (χ1n) is 9.36. The van der Waals surface area contributed by atoms with Crippen molar-refractivity contribution < 1.29 is 9.66 Å². The Morgan fingerprint density at radius 2 is 1.70 bits per heavy atom. The third-order valence-electron chi connectivity index (χ3n) is 4.34. The molecule has 0 aliphatic carbocycles. The number of nitro groups is 1. The summed E-state index contributed by atoms with van der Waals surface area (Å²) in [5, 5.41) is 18.1. The van der Waals surface area contributed by atoms with Gasteiger partial charge in [-0.15, -0.1) is 0 Å². The summed E-state index contributed by atoms with van der Waals surface area (Å²) in [6.07, 6.45) is 0. The lowest BCUT2D eigenvalue weighted by atomic mass is 10.2. The Balaban J connectivity index is 1.42. The van der Waals surface area contributed by atoms with Gasteiger partial charge in [0.25, 0.3) is 5.69 Å². The second-order valence-corrected chi connectivity index (χ2v) is 7.38. The highest BCUT2D eigenvalue weighted by atomic mass is 35.5. The van der Waals surface area contributed by atoms with Crippen molar-refractivity contribution in [2.75, 3.05) is 18.4 Å². The molecule has 156 valence electrons. The molecule has 3 aromatic rings. The van der Waals surface area contributed by atoms with E-state index in [-0.39, 0.29) is 5.69 Å². The van der Waals surface area contributed by atoms with Gasteiger partial charge in [0.15, 0.2) is 0 Å². The van der Waals surface area contributed by atoms with Crippen LogP contribution in [0.1, 0.15) is 11.1 Å². The molecule has 0 spiro atoms. The number of rotatable bonds is 10. The molecule has 0 saturated heterocycles. The van der Waals surface area contributed by atoms with E-state index in [9.17, 15) is 10.1 Å². The van der Waals surface area contributed by atoms with E-state index in [1.165, 1.54) is 12.1 Å². The number of nitrogens with zero attached hydrogens (tertiary/aromatic N) is 1. The third-order valence-corrected chi connectivity index (χ3v) is 4.95.